The summed E-state index contributed by atoms with van der Waals surface area (Å²) >= 11 is 0. The molecule has 0 spiro atoms. The van der Waals surface area contributed by atoms with Crippen LogP contribution in [-0.2, 0) is 4.79 Å². The molecule has 0 aliphatic carbocycles. The largest absolute Gasteiger partial charge is 0.337 e. The van der Waals surface area contributed by atoms with Crippen LogP contribution in [0.5, 0.6) is 0 Å². The molecule has 3 heteroatoms. The SMILES string of the molecule is CC(=O)C(C)n1ccc2cc(F)ccc21. The van der Waals surface area contributed by atoms with Gasteiger partial charge in [0.15, 0.2) is 5.78 Å². The van der Waals surface area contributed by atoms with E-state index in [1.807, 2.05) is 23.8 Å². The topological polar surface area (TPSA) is 22.0 Å². The molecule has 0 N–H and O–H groups in total. The summed E-state index contributed by atoms with van der Waals surface area (Å²) in [5.41, 5.74) is 0.888. The van der Waals surface area contributed by atoms with Gasteiger partial charge in [-0.2, -0.15) is 0 Å². The Morgan fingerprint density at radius 1 is 1.40 bits per heavy atom. The average Bonchev–Trinajstić information content (AvgIpc) is 2.59. The van der Waals surface area contributed by atoms with Gasteiger partial charge >= 0.3 is 0 Å². The Labute approximate surface area is 87.3 Å². The van der Waals surface area contributed by atoms with E-state index in [0.717, 1.165) is 10.9 Å². The van der Waals surface area contributed by atoms with E-state index in [-0.39, 0.29) is 17.6 Å². The van der Waals surface area contributed by atoms with Crippen LogP contribution in [0.1, 0.15) is 19.9 Å². The number of benzene rings is 1. The van der Waals surface area contributed by atoms with Gasteiger partial charge in [0, 0.05) is 17.1 Å². The molecule has 0 saturated carbocycles. The summed E-state index contributed by atoms with van der Waals surface area (Å²) < 4.78 is 14.8. The quantitative estimate of drug-likeness (QED) is 0.738. The lowest BCUT2D eigenvalue weighted by Crippen LogP contribution is -2.11. The highest BCUT2D eigenvalue weighted by molar-refractivity contribution is 5.85. The van der Waals surface area contributed by atoms with Crippen molar-refractivity contribution in [2.45, 2.75) is 19.9 Å². The smallest absolute Gasteiger partial charge is 0.152 e. The van der Waals surface area contributed by atoms with Crippen LogP contribution in [0.2, 0.25) is 0 Å². The van der Waals surface area contributed by atoms with Gasteiger partial charge in [-0.25, -0.2) is 4.39 Å². The molecule has 0 amide bonds. The van der Waals surface area contributed by atoms with Crippen LogP contribution in [0.3, 0.4) is 0 Å². The van der Waals surface area contributed by atoms with Gasteiger partial charge in [0.25, 0.3) is 0 Å². The van der Waals surface area contributed by atoms with Crippen LogP contribution >= 0.6 is 0 Å². The Morgan fingerprint density at radius 3 is 2.80 bits per heavy atom. The predicted octanol–water partition coefficient (Wildman–Crippen LogP) is 2.93. The summed E-state index contributed by atoms with van der Waals surface area (Å²) in [5.74, 6) is -0.160. The van der Waals surface area contributed by atoms with Crippen molar-refractivity contribution in [1.29, 1.82) is 0 Å². The first-order valence-electron chi connectivity index (χ1n) is 4.86. The summed E-state index contributed by atoms with van der Waals surface area (Å²) in [4.78, 5) is 11.3. The van der Waals surface area contributed by atoms with Crippen molar-refractivity contribution in [3.8, 4) is 0 Å². The van der Waals surface area contributed by atoms with Gasteiger partial charge in [-0.15, -0.1) is 0 Å². The lowest BCUT2D eigenvalue weighted by Gasteiger charge is -2.11. The van der Waals surface area contributed by atoms with E-state index in [1.165, 1.54) is 12.1 Å². The van der Waals surface area contributed by atoms with Crippen LogP contribution in [0.15, 0.2) is 30.5 Å². The minimum absolute atomic E-state index is 0.0943. The minimum Gasteiger partial charge on any atom is -0.337 e. The molecular formula is C12H12FNO. The number of Topliss-reactive ketones (excluding diaryl/α,β-unsaturated/α-hetero) is 1. The highest BCUT2D eigenvalue weighted by Gasteiger charge is 2.12. The number of nitrogens with zero attached hydrogens (tertiary/aromatic N) is 1. The maximum absolute atomic E-state index is 12.9. The van der Waals surface area contributed by atoms with E-state index in [2.05, 4.69) is 0 Å². The van der Waals surface area contributed by atoms with E-state index >= 15 is 0 Å². The predicted molar refractivity (Wildman–Crippen MR) is 57.3 cm³/mol. The third kappa shape index (κ3) is 1.65. The highest BCUT2D eigenvalue weighted by atomic mass is 19.1. The maximum atomic E-state index is 12.9. The Balaban J connectivity index is 2.59. The van der Waals surface area contributed by atoms with Crippen molar-refractivity contribution >= 4 is 16.7 Å². The summed E-state index contributed by atoms with van der Waals surface area (Å²) in [5, 5.41) is 0.822. The fourth-order valence-corrected chi connectivity index (χ4v) is 1.67. The normalized spacial score (nSPS) is 13.0. The number of fused-ring (bicyclic) bond motifs is 1. The number of halogens is 1. The zero-order valence-electron chi connectivity index (χ0n) is 8.70. The molecular weight excluding hydrogens is 193 g/mol. The Bertz CT molecular complexity index is 515. The molecule has 1 unspecified atom stereocenters. The van der Waals surface area contributed by atoms with Crippen LogP contribution in [0.25, 0.3) is 10.9 Å². The van der Waals surface area contributed by atoms with E-state index < -0.39 is 0 Å². The molecule has 1 aromatic carbocycles. The number of carbonyl (C=O) groups excluding carboxylic acids is 1. The zero-order chi connectivity index (χ0) is 11.0. The summed E-state index contributed by atoms with van der Waals surface area (Å²) in [6.45, 7) is 3.39. The number of ketones is 1. The average molecular weight is 205 g/mol. The summed E-state index contributed by atoms with van der Waals surface area (Å²) in [7, 11) is 0. The van der Waals surface area contributed by atoms with Crippen molar-refractivity contribution < 1.29 is 9.18 Å². The Hall–Kier alpha value is -1.64. The first kappa shape index (κ1) is 9.90. The van der Waals surface area contributed by atoms with E-state index in [9.17, 15) is 9.18 Å². The molecule has 0 radical (unpaired) electrons. The summed E-state index contributed by atoms with van der Waals surface area (Å²) in [6.07, 6.45) is 1.82. The van der Waals surface area contributed by atoms with Crippen molar-refractivity contribution in [3.05, 3.63) is 36.3 Å². The third-order valence-corrected chi connectivity index (χ3v) is 2.69. The number of hydrogen-bond acceptors (Lipinski definition) is 1. The van der Waals surface area contributed by atoms with Crippen LogP contribution < -0.4 is 0 Å². The van der Waals surface area contributed by atoms with Crippen LogP contribution in [0.4, 0.5) is 4.39 Å². The van der Waals surface area contributed by atoms with Gasteiger partial charge in [0.2, 0.25) is 0 Å². The Kier molecular flexibility index (Phi) is 2.31. The van der Waals surface area contributed by atoms with Gasteiger partial charge in [-0.1, -0.05) is 0 Å². The Morgan fingerprint density at radius 2 is 2.13 bits per heavy atom. The number of rotatable bonds is 2. The molecule has 0 saturated heterocycles. The number of carbonyl (C=O) groups is 1. The van der Waals surface area contributed by atoms with Gasteiger partial charge in [0.1, 0.15) is 5.82 Å². The van der Waals surface area contributed by atoms with Gasteiger partial charge in [-0.3, -0.25) is 4.79 Å². The second kappa shape index (κ2) is 3.50. The fraction of sp³-hybridized carbons (Fsp3) is 0.250. The van der Waals surface area contributed by atoms with Crippen molar-refractivity contribution in [2.24, 2.45) is 0 Å². The minimum atomic E-state index is -0.254. The lowest BCUT2D eigenvalue weighted by atomic mass is 10.2. The first-order valence-corrected chi connectivity index (χ1v) is 4.86. The fourth-order valence-electron chi connectivity index (χ4n) is 1.67. The van der Waals surface area contributed by atoms with E-state index in [0.29, 0.717) is 0 Å². The van der Waals surface area contributed by atoms with Gasteiger partial charge in [-0.05, 0) is 38.1 Å². The second-order valence-corrected chi connectivity index (χ2v) is 3.71. The molecule has 1 atom stereocenters. The lowest BCUT2D eigenvalue weighted by molar-refractivity contribution is -0.119. The van der Waals surface area contributed by atoms with E-state index in [4.69, 9.17) is 0 Å². The molecule has 78 valence electrons. The van der Waals surface area contributed by atoms with E-state index in [1.54, 1.807) is 13.0 Å². The molecule has 2 nitrogen and oxygen atoms in total. The van der Waals surface area contributed by atoms with Crippen molar-refractivity contribution in [3.63, 3.8) is 0 Å². The molecule has 15 heavy (non-hydrogen) atoms. The van der Waals surface area contributed by atoms with Crippen molar-refractivity contribution in [2.75, 3.05) is 0 Å². The molecule has 2 aromatic rings. The molecule has 1 heterocycles. The summed E-state index contributed by atoms with van der Waals surface area (Å²) in [6, 6.07) is 6.19. The van der Waals surface area contributed by atoms with Gasteiger partial charge in [0.05, 0.1) is 6.04 Å². The molecule has 1 aromatic heterocycles. The molecule has 2 rings (SSSR count). The standard InChI is InChI=1S/C12H12FNO/c1-8(9(2)15)14-6-5-10-7-11(13)3-4-12(10)14/h3-8H,1-2H3. The first-order chi connectivity index (χ1) is 7.09. The highest BCUT2D eigenvalue weighted by Crippen LogP contribution is 2.21. The van der Waals surface area contributed by atoms with Crippen LogP contribution in [0, 0.1) is 5.82 Å². The van der Waals surface area contributed by atoms with Crippen molar-refractivity contribution in [1.82, 2.24) is 4.57 Å². The van der Waals surface area contributed by atoms with Gasteiger partial charge < -0.3 is 4.57 Å². The number of hydrogen-bond donors (Lipinski definition) is 0. The third-order valence-electron chi connectivity index (χ3n) is 2.69. The molecule has 0 bridgehead atoms. The molecule has 0 aliphatic rings. The monoisotopic (exact) mass is 205 g/mol. The molecule has 0 fully saturated rings. The zero-order valence-corrected chi connectivity index (χ0v) is 8.70. The second-order valence-electron chi connectivity index (χ2n) is 3.71. The number of aromatic nitrogens is 1. The molecule has 0 aliphatic heterocycles. The van der Waals surface area contributed by atoms with Crippen LogP contribution in [-0.4, -0.2) is 10.4 Å². The maximum Gasteiger partial charge on any atom is 0.152 e.